The maximum absolute atomic E-state index is 13.4. The lowest BCUT2D eigenvalue weighted by atomic mass is 9.93. The molecule has 0 radical (unpaired) electrons. The van der Waals surface area contributed by atoms with Crippen molar-refractivity contribution in [3.05, 3.63) is 81.4 Å². The van der Waals surface area contributed by atoms with Crippen molar-refractivity contribution in [3.63, 3.8) is 0 Å². The van der Waals surface area contributed by atoms with Crippen LogP contribution in [0.4, 0.5) is 0 Å². The fourth-order valence-corrected chi connectivity index (χ4v) is 4.82. The van der Waals surface area contributed by atoms with E-state index in [9.17, 15) is 4.79 Å². The summed E-state index contributed by atoms with van der Waals surface area (Å²) in [6.45, 7) is 2.61. The molecule has 4 heterocycles. The third-order valence-corrected chi connectivity index (χ3v) is 6.57. The molecule has 4 aromatic rings. The number of hydrogen-bond acceptors (Lipinski definition) is 5. The second kappa shape index (κ2) is 7.00. The number of amides is 1. The predicted octanol–water partition coefficient (Wildman–Crippen LogP) is 4.23. The van der Waals surface area contributed by atoms with Gasteiger partial charge in [0, 0.05) is 30.2 Å². The summed E-state index contributed by atoms with van der Waals surface area (Å²) in [4.78, 5) is 16.7. The van der Waals surface area contributed by atoms with Gasteiger partial charge in [0.05, 0.1) is 17.8 Å². The Morgan fingerprint density at radius 1 is 1.24 bits per heavy atom. The number of carbonyl (C=O) groups excluding carboxylic acids is 1. The minimum atomic E-state index is -0.118. The smallest absolute Gasteiger partial charge is 0.276 e. The maximum Gasteiger partial charge on any atom is 0.276 e. The molecule has 3 aromatic heterocycles. The number of aromatic nitrogens is 3. The summed E-state index contributed by atoms with van der Waals surface area (Å²) < 4.78 is 7.27. The zero-order valence-corrected chi connectivity index (χ0v) is 17.0. The van der Waals surface area contributed by atoms with E-state index in [1.54, 1.807) is 28.3 Å². The average molecular weight is 404 g/mol. The molecule has 1 atom stereocenters. The van der Waals surface area contributed by atoms with Crippen molar-refractivity contribution in [3.8, 4) is 11.3 Å². The van der Waals surface area contributed by atoms with Gasteiger partial charge in [-0.05, 0) is 35.9 Å². The first-order valence-corrected chi connectivity index (χ1v) is 10.4. The zero-order valence-electron chi connectivity index (χ0n) is 16.2. The Kier molecular flexibility index (Phi) is 4.32. The Morgan fingerprint density at radius 2 is 2.07 bits per heavy atom. The third kappa shape index (κ3) is 2.98. The fourth-order valence-electron chi connectivity index (χ4n) is 3.92. The molecular formula is C22H20N4O2S. The summed E-state index contributed by atoms with van der Waals surface area (Å²) in [5, 5.41) is 10.4. The Morgan fingerprint density at radius 3 is 2.83 bits per heavy atom. The molecular weight excluding hydrogens is 384 g/mol. The zero-order chi connectivity index (χ0) is 20.0. The highest BCUT2D eigenvalue weighted by molar-refractivity contribution is 7.10. The van der Waals surface area contributed by atoms with Crippen LogP contribution in [0.5, 0.6) is 0 Å². The largest absolute Gasteiger partial charge is 0.355 e. The van der Waals surface area contributed by atoms with Gasteiger partial charge >= 0.3 is 0 Å². The maximum atomic E-state index is 13.4. The Labute approximate surface area is 172 Å². The van der Waals surface area contributed by atoms with Crippen molar-refractivity contribution in [1.82, 2.24) is 19.8 Å². The molecule has 0 N–H and O–H groups in total. The Bertz CT molecular complexity index is 1170. The number of nitrogens with zero attached hydrogens (tertiary/aromatic N) is 4. The number of rotatable bonds is 3. The van der Waals surface area contributed by atoms with Crippen LogP contribution < -0.4 is 0 Å². The van der Waals surface area contributed by atoms with Gasteiger partial charge in [0.2, 0.25) is 0 Å². The third-order valence-electron chi connectivity index (χ3n) is 5.57. The van der Waals surface area contributed by atoms with Crippen molar-refractivity contribution in [2.24, 2.45) is 7.05 Å². The Balaban J connectivity index is 1.51. The lowest BCUT2D eigenvalue weighted by molar-refractivity contribution is 0.0685. The molecule has 0 saturated heterocycles. The van der Waals surface area contributed by atoms with Gasteiger partial charge in [-0.15, -0.1) is 11.3 Å². The first-order chi connectivity index (χ1) is 14.1. The second-order valence-electron chi connectivity index (χ2n) is 7.20. The van der Waals surface area contributed by atoms with E-state index in [4.69, 9.17) is 4.52 Å². The molecule has 0 unspecified atom stereocenters. The van der Waals surface area contributed by atoms with E-state index in [-0.39, 0.29) is 11.9 Å². The number of thiophene rings is 1. The molecule has 29 heavy (non-hydrogen) atoms. The highest BCUT2D eigenvalue weighted by Gasteiger charge is 2.34. The minimum Gasteiger partial charge on any atom is -0.355 e. The molecule has 6 nitrogen and oxygen atoms in total. The summed E-state index contributed by atoms with van der Waals surface area (Å²) in [6.07, 6.45) is 2.59. The molecule has 7 heteroatoms. The van der Waals surface area contributed by atoms with Crippen molar-refractivity contribution >= 4 is 17.2 Å². The number of fused-ring (bicyclic) bond motifs is 1. The van der Waals surface area contributed by atoms with Crippen LogP contribution in [-0.4, -0.2) is 32.3 Å². The molecule has 146 valence electrons. The van der Waals surface area contributed by atoms with Gasteiger partial charge in [-0.1, -0.05) is 35.5 Å². The fraction of sp³-hybridized carbons (Fsp3) is 0.227. The molecule has 0 saturated carbocycles. The van der Waals surface area contributed by atoms with Gasteiger partial charge in [0.1, 0.15) is 0 Å². The van der Waals surface area contributed by atoms with E-state index in [0.717, 1.165) is 23.2 Å². The van der Waals surface area contributed by atoms with Gasteiger partial charge in [-0.3, -0.25) is 9.48 Å². The van der Waals surface area contributed by atoms with Crippen molar-refractivity contribution in [2.45, 2.75) is 19.4 Å². The number of benzene rings is 1. The van der Waals surface area contributed by atoms with E-state index in [2.05, 4.69) is 33.8 Å². The van der Waals surface area contributed by atoms with Crippen LogP contribution >= 0.6 is 11.3 Å². The van der Waals surface area contributed by atoms with Gasteiger partial charge < -0.3 is 9.42 Å². The first kappa shape index (κ1) is 17.9. The first-order valence-electron chi connectivity index (χ1n) is 9.51. The van der Waals surface area contributed by atoms with Crippen LogP contribution in [0.2, 0.25) is 0 Å². The number of aryl methyl sites for hydroxylation is 1. The monoisotopic (exact) mass is 404 g/mol. The number of carbonyl (C=O) groups is 1. The van der Waals surface area contributed by atoms with Gasteiger partial charge in [0.25, 0.3) is 5.91 Å². The second-order valence-corrected chi connectivity index (χ2v) is 8.21. The SMILES string of the molecule is Cc1c(-c2cc(C(=O)N3CCc4sccc4[C@@H]3c3ccccc3)no2)cnn1C. The number of hydrogen-bond donors (Lipinski definition) is 0. The topological polar surface area (TPSA) is 64.2 Å². The molecule has 1 aliphatic heterocycles. The summed E-state index contributed by atoms with van der Waals surface area (Å²) in [6, 6.07) is 13.9. The summed E-state index contributed by atoms with van der Waals surface area (Å²) in [7, 11) is 1.87. The summed E-state index contributed by atoms with van der Waals surface area (Å²) in [5.74, 6) is 0.440. The Hall–Kier alpha value is -3.19. The minimum absolute atomic E-state index is 0.112. The van der Waals surface area contributed by atoms with Crippen molar-refractivity contribution in [2.75, 3.05) is 6.54 Å². The molecule has 5 rings (SSSR count). The van der Waals surface area contributed by atoms with Gasteiger partial charge in [-0.2, -0.15) is 5.10 Å². The molecule has 0 fully saturated rings. The molecule has 1 aromatic carbocycles. The standard InChI is InChI=1S/C22H20N4O2S/c1-14-17(13-23-25(14)2)19-12-18(24-28-19)22(27)26-10-8-20-16(9-11-29-20)21(26)15-6-4-3-5-7-15/h3-7,9,11-13,21H,8,10H2,1-2H3/t21-/m0/s1. The quantitative estimate of drug-likeness (QED) is 0.513. The van der Waals surface area contributed by atoms with Crippen LogP contribution in [0, 0.1) is 6.92 Å². The van der Waals surface area contributed by atoms with E-state index >= 15 is 0 Å². The van der Waals surface area contributed by atoms with Crippen molar-refractivity contribution < 1.29 is 9.32 Å². The van der Waals surface area contributed by atoms with Gasteiger partial charge in [-0.25, -0.2) is 0 Å². The summed E-state index contributed by atoms with van der Waals surface area (Å²) >= 11 is 1.76. The molecule has 0 aliphatic carbocycles. The normalized spacial score (nSPS) is 16.1. The molecule has 1 amide bonds. The average Bonchev–Trinajstić information content (AvgIpc) is 3.48. The van der Waals surface area contributed by atoms with Crippen LogP contribution in [-0.2, 0) is 13.5 Å². The summed E-state index contributed by atoms with van der Waals surface area (Å²) in [5.41, 5.74) is 4.43. The predicted molar refractivity (Wildman–Crippen MR) is 111 cm³/mol. The van der Waals surface area contributed by atoms with Crippen LogP contribution in [0.25, 0.3) is 11.3 Å². The van der Waals surface area contributed by atoms with E-state index < -0.39 is 0 Å². The lowest BCUT2D eigenvalue weighted by Crippen LogP contribution is -2.40. The highest BCUT2D eigenvalue weighted by atomic mass is 32.1. The van der Waals surface area contributed by atoms with Crippen molar-refractivity contribution in [1.29, 1.82) is 0 Å². The highest BCUT2D eigenvalue weighted by Crippen LogP contribution is 2.38. The lowest BCUT2D eigenvalue weighted by Gasteiger charge is -2.35. The molecule has 1 aliphatic rings. The van der Waals surface area contributed by atoms with E-state index in [0.29, 0.717) is 18.0 Å². The van der Waals surface area contributed by atoms with E-state index in [1.807, 2.05) is 37.1 Å². The molecule has 0 spiro atoms. The van der Waals surface area contributed by atoms with Crippen LogP contribution in [0.3, 0.4) is 0 Å². The van der Waals surface area contributed by atoms with Gasteiger partial charge in [0.15, 0.2) is 11.5 Å². The van der Waals surface area contributed by atoms with E-state index in [1.165, 1.54) is 10.4 Å². The van der Waals surface area contributed by atoms with Crippen LogP contribution in [0.1, 0.15) is 38.2 Å². The van der Waals surface area contributed by atoms with Crippen LogP contribution in [0.15, 0.2) is 58.6 Å². The molecule has 0 bridgehead atoms.